The van der Waals surface area contributed by atoms with Crippen molar-refractivity contribution in [1.82, 2.24) is 5.01 Å². The molecule has 0 unspecified atom stereocenters. The van der Waals surface area contributed by atoms with Crippen LogP contribution in [0.5, 0.6) is 0 Å². The molecule has 0 saturated heterocycles. The molecule has 0 radical (unpaired) electrons. The quantitative estimate of drug-likeness (QED) is 0.294. The molecule has 4 heteroatoms. The van der Waals surface area contributed by atoms with Crippen molar-refractivity contribution in [3.63, 3.8) is 0 Å². The topological polar surface area (TPSA) is 42.9 Å². The molecule has 0 aromatic rings. The molecule has 0 amide bonds. The zero-order valence-electron chi connectivity index (χ0n) is 4.22. The second-order valence-corrected chi connectivity index (χ2v) is 2.35. The van der Waals surface area contributed by atoms with E-state index in [0.29, 0.717) is 0 Å². The molecule has 2 N–H and O–H groups in total. The zero-order chi connectivity index (χ0) is 5.70. The summed E-state index contributed by atoms with van der Waals surface area (Å²) in [7, 11) is 1.77. The van der Waals surface area contributed by atoms with Crippen LogP contribution in [0, 0.1) is 5.21 Å². The molecular weight excluding hydrogens is 207 g/mol. The fourth-order valence-electron chi connectivity index (χ4n) is 0.186. The molecule has 44 valence electrons. The van der Waals surface area contributed by atoms with Gasteiger partial charge >= 0.3 is 0 Å². The van der Waals surface area contributed by atoms with E-state index in [1.54, 1.807) is 12.1 Å². The first-order chi connectivity index (χ1) is 3.31. The number of rotatable bonds is 3. The normalized spacial score (nSPS) is 10.3. The first kappa shape index (κ1) is 7.61. The molecule has 7 heavy (non-hydrogen) atoms. The van der Waals surface area contributed by atoms with E-state index in [9.17, 15) is 5.21 Å². The standard InChI is InChI=1S/C3H9IN2O/c1-6(5-7)3-2-4/h2-3,5H2,1H3. The number of nitrogens with zero attached hydrogens (tertiary/aromatic N) is 1. The van der Waals surface area contributed by atoms with Crippen molar-refractivity contribution in [2.24, 2.45) is 0 Å². The summed E-state index contributed by atoms with van der Waals surface area (Å²) in [6.45, 7) is 0.851. The Hall–Kier alpha value is 0.610. The van der Waals surface area contributed by atoms with E-state index in [0.717, 1.165) is 16.6 Å². The molecule has 0 bridgehead atoms. The highest BCUT2D eigenvalue weighted by molar-refractivity contribution is 14.1. The molecule has 0 aliphatic heterocycles. The fraction of sp³-hybridized carbons (Fsp3) is 1.00. The second-order valence-electron chi connectivity index (χ2n) is 1.27. The molecule has 3 nitrogen and oxygen atoms in total. The third kappa shape index (κ3) is 4.46. The number of nitrogens with two attached hydrogens (primary N) is 1. The summed E-state index contributed by atoms with van der Waals surface area (Å²) in [5, 5.41) is 11.4. The third-order valence-corrected chi connectivity index (χ3v) is 1.10. The van der Waals surface area contributed by atoms with Crippen molar-refractivity contribution in [2.45, 2.75) is 0 Å². The van der Waals surface area contributed by atoms with Gasteiger partial charge in [0.15, 0.2) is 0 Å². The summed E-state index contributed by atoms with van der Waals surface area (Å²) < 4.78 is 1.01. The average Bonchev–Trinajstić information content (AvgIpc) is 1.68. The lowest BCUT2D eigenvalue weighted by atomic mass is 10.7. The van der Waals surface area contributed by atoms with Crippen molar-refractivity contribution in [1.29, 1.82) is 0 Å². The van der Waals surface area contributed by atoms with Crippen LogP contribution in [0.2, 0.25) is 0 Å². The zero-order valence-corrected chi connectivity index (χ0v) is 6.38. The highest BCUT2D eigenvalue weighted by Gasteiger charge is 1.88. The predicted octanol–water partition coefficient (Wildman–Crippen LogP) is -0.671. The van der Waals surface area contributed by atoms with E-state index in [1.807, 2.05) is 0 Å². The largest absolute Gasteiger partial charge is 0.614 e. The van der Waals surface area contributed by atoms with E-state index in [1.165, 1.54) is 0 Å². The van der Waals surface area contributed by atoms with Crippen LogP contribution in [-0.2, 0) is 0 Å². The smallest absolute Gasteiger partial charge is 0.0563 e. The molecule has 0 heterocycles. The lowest BCUT2D eigenvalue weighted by Gasteiger charge is -2.12. The Bertz CT molecular complexity index is 43.9. The highest BCUT2D eigenvalue weighted by Crippen LogP contribution is 1.77. The summed E-state index contributed by atoms with van der Waals surface area (Å²) in [6, 6.07) is 0. The van der Waals surface area contributed by atoms with E-state index in [2.05, 4.69) is 22.6 Å². The Morgan fingerprint density at radius 3 is 2.57 bits per heavy atom. The number of quaternary nitrogens is 1. The molecule has 0 aromatic heterocycles. The number of hydrogen-bond donors (Lipinski definition) is 1. The Kier molecular flexibility index (Phi) is 5.18. The minimum atomic E-state index is 0.832. The molecule has 0 atom stereocenters. The Morgan fingerprint density at radius 1 is 1.86 bits per heavy atom. The van der Waals surface area contributed by atoms with Gasteiger partial charge in [-0.1, -0.05) is 22.6 Å². The molecule has 0 rings (SSSR count). The molecule has 0 aromatic carbocycles. The molecule has 0 fully saturated rings. The predicted molar refractivity (Wildman–Crippen MR) is 36.8 cm³/mol. The van der Waals surface area contributed by atoms with Crippen LogP contribution < -0.4 is 5.59 Å². The Morgan fingerprint density at radius 2 is 2.43 bits per heavy atom. The number of alkyl halides is 1. The monoisotopic (exact) mass is 216 g/mol. The summed E-state index contributed by atoms with van der Waals surface area (Å²) in [6.07, 6.45) is 0. The first-order valence-electron chi connectivity index (χ1n) is 2.02. The molecule has 0 aliphatic carbocycles. The Labute approximate surface area is 56.8 Å². The second kappa shape index (κ2) is 4.76. The first-order valence-corrected chi connectivity index (χ1v) is 3.55. The summed E-state index contributed by atoms with van der Waals surface area (Å²) in [5.41, 5.74) is 0.832. The van der Waals surface area contributed by atoms with Gasteiger partial charge in [0, 0.05) is 11.5 Å². The van der Waals surface area contributed by atoms with Gasteiger partial charge in [-0.3, -0.25) is 0 Å². The van der Waals surface area contributed by atoms with Gasteiger partial charge in [0.1, 0.15) is 0 Å². The van der Waals surface area contributed by atoms with Gasteiger partial charge in [0.25, 0.3) is 0 Å². The van der Waals surface area contributed by atoms with Crippen molar-refractivity contribution in [3.05, 3.63) is 5.21 Å². The van der Waals surface area contributed by atoms with Crippen LogP contribution in [0.3, 0.4) is 0 Å². The van der Waals surface area contributed by atoms with Crippen LogP contribution in [0.1, 0.15) is 0 Å². The molecule has 0 saturated carbocycles. The van der Waals surface area contributed by atoms with Gasteiger partial charge in [-0.15, -0.1) is 0 Å². The fourth-order valence-corrected chi connectivity index (χ4v) is 0.947. The lowest BCUT2D eigenvalue weighted by molar-refractivity contribution is -0.746. The van der Waals surface area contributed by atoms with Crippen molar-refractivity contribution < 1.29 is 5.59 Å². The molecular formula is C3H9IN2O. The maximum Gasteiger partial charge on any atom is 0.0563 e. The van der Waals surface area contributed by atoms with Crippen LogP contribution in [0.25, 0.3) is 0 Å². The summed E-state index contributed by atoms with van der Waals surface area (Å²) in [4.78, 5) is 0. The highest BCUT2D eigenvalue weighted by atomic mass is 127. The Balaban J connectivity index is 2.83. The van der Waals surface area contributed by atoms with Crippen molar-refractivity contribution in [3.8, 4) is 0 Å². The number of hydrogen-bond acceptors (Lipinski definition) is 2. The summed E-state index contributed by atoms with van der Waals surface area (Å²) >= 11 is 2.23. The van der Waals surface area contributed by atoms with Crippen LogP contribution in [0.15, 0.2) is 0 Å². The SMILES string of the molecule is CN(CCI)[NH2+][O-]. The van der Waals surface area contributed by atoms with Crippen LogP contribution >= 0.6 is 22.6 Å². The van der Waals surface area contributed by atoms with E-state index in [4.69, 9.17) is 0 Å². The number of halogens is 1. The van der Waals surface area contributed by atoms with Gasteiger partial charge in [-0.2, -0.15) is 5.01 Å². The van der Waals surface area contributed by atoms with Gasteiger partial charge < -0.3 is 10.8 Å². The van der Waals surface area contributed by atoms with Gasteiger partial charge in [0.2, 0.25) is 0 Å². The summed E-state index contributed by atoms with van der Waals surface area (Å²) in [5.74, 6) is 0. The minimum Gasteiger partial charge on any atom is -0.614 e. The van der Waals surface area contributed by atoms with E-state index < -0.39 is 0 Å². The minimum absolute atomic E-state index is 0.832. The van der Waals surface area contributed by atoms with Gasteiger partial charge in [-0.25, -0.2) is 0 Å². The van der Waals surface area contributed by atoms with Crippen LogP contribution in [-0.4, -0.2) is 23.0 Å². The van der Waals surface area contributed by atoms with Crippen LogP contribution in [0.4, 0.5) is 0 Å². The average molecular weight is 216 g/mol. The van der Waals surface area contributed by atoms with Gasteiger partial charge in [-0.05, 0) is 0 Å². The third-order valence-electron chi connectivity index (χ3n) is 0.617. The maximum absolute atomic E-state index is 9.82. The van der Waals surface area contributed by atoms with E-state index >= 15 is 0 Å². The van der Waals surface area contributed by atoms with Gasteiger partial charge in [0.05, 0.1) is 6.54 Å². The lowest BCUT2D eigenvalue weighted by Crippen LogP contribution is -2.87. The molecule has 0 spiro atoms. The molecule has 0 aliphatic rings. The van der Waals surface area contributed by atoms with E-state index in [-0.39, 0.29) is 0 Å². The van der Waals surface area contributed by atoms with Crippen molar-refractivity contribution >= 4 is 22.6 Å². The maximum atomic E-state index is 9.82. The van der Waals surface area contributed by atoms with Crippen molar-refractivity contribution in [2.75, 3.05) is 18.0 Å².